The van der Waals surface area contributed by atoms with E-state index in [1.165, 1.54) is 6.20 Å². The Kier molecular flexibility index (Phi) is 1.73. The minimum Gasteiger partial charge on any atom is -0.336 e. The highest BCUT2D eigenvalue weighted by atomic mass is 32.1. The third-order valence-electron chi connectivity index (χ3n) is 0.788. The highest BCUT2D eigenvalue weighted by molar-refractivity contribution is 7.80. The van der Waals surface area contributed by atoms with E-state index in [2.05, 4.69) is 34.8 Å². The molecule has 5 heteroatoms. The second-order valence-electron chi connectivity index (χ2n) is 1.46. The topological polar surface area (TPSA) is 48.6 Å². The molecule has 9 heavy (non-hydrogen) atoms. The molecule has 1 aromatic heterocycles. The van der Waals surface area contributed by atoms with Crippen molar-refractivity contribution in [3.05, 3.63) is 21.2 Å². The Labute approximate surface area is 61.5 Å². The van der Waals surface area contributed by atoms with Crippen molar-refractivity contribution in [1.82, 2.24) is 9.97 Å². The molecule has 0 aromatic carbocycles. The van der Waals surface area contributed by atoms with Crippen LogP contribution in [0.15, 0.2) is 16.0 Å². The lowest BCUT2D eigenvalue weighted by Gasteiger charge is -1.86. The number of rotatable bonds is 0. The first-order valence-corrected chi connectivity index (χ1v) is 3.06. The van der Waals surface area contributed by atoms with Gasteiger partial charge in [-0.25, -0.2) is 0 Å². The van der Waals surface area contributed by atoms with Gasteiger partial charge < -0.3 is 9.97 Å². The summed E-state index contributed by atoms with van der Waals surface area (Å²) in [6.45, 7) is 0. The van der Waals surface area contributed by atoms with Gasteiger partial charge in [0.05, 0.1) is 5.03 Å². The van der Waals surface area contributed by atoms with Crippen molar-refractivity contribution >= 4 is 24.8 Å². The smallest absolute Gasteiger partial charge is 0.283 e. The first kappa shape index (κ1) is 6.57. The molecule has 1 aromatic rings. The third-order valence-corrected chi connectivity index (χ3v) is 1.32. The van der Waals surface area contributed by atoms with E-state index in [0.29, 0.717) is 5.03 Å². The van der Waals surface area contributed by atoms with Gasteiger partial charge in [0.2, 0.25) is 0 Å². The summed E-state index contributed by atoms with van der Waals surface area (Å²) in [5.41, 5.74) is -0.289. The Morgan fingerprint density at radius 2 is 2.33 bits per heavy atom. The van der Waals surface area contributed by atoms with Crippen molar-refractivity contribution in [2.75, 3.05) is 0 Å². The van der Waals surface area contributed by atoms with Crippen molar-refractivity contribution in [3.63, 3.8) is 0 Å². The lowest BCUT2D eigenvalue weighted by molar-refractivity contribution is 1.01. The molecule has 1 heterocycles. The van der Waals surface area contributed by atoms with Gasteiger partial charge in [0.1, 0.15) is 0 Å². The lowest BCUT2D eigenvalue weighted by Crippen LogP contribution is -2.06. The van der Waals surface area contributed by atoms with Crippen LogP contribution in [0.3, 0.4) is 0 Å². The number of H-pyrrole nitrogens is 2. The molecule has 0 aliphatic carbocycles. The molecule has 0 spiro atoms. The average Bonchev–Trinajstić information content (AvgIpc) is 1.80. The Balaban J connectivity index is 3.53. The Bertz CT molecular complexity index is 313. The number of aromatic nitrogens is 2. The van der Waals surface area contributed by atoms with Gasteiger partial charge in [-0.2, -0.15) is 0 Å². The summed E-state index contributed by atoms with van der Waals surface area (Å²) >= 11 is 8.50. The number of nitrogens with one attached hydrogen (secondary N) is 2. The van der Waals surface area contributed by atoms with Crippen LogP contribution in [0.2, 0.25) is 0 Å². The SMILES string of the molecule is O=c1[nH]cc(S)[nH]c1=S. The molecule has 0 saturated heterocycles. The number of hydrogen-bond donors (Lipinski definition) is 3. The summed E-state index contributed by atoms with van der Waals surface area (Å²) in [4.78, 5) is 15.5. The predicted molar refractivity (Wildman–Crippen MR) is 39.5 cm³/mol. The van der Waals surface area contributed by atoms with Gasteiger partial charge in [-0.3, -0.25) is 4.79 Å². The van der Waals surface area contributed by atoms with E-state index >= 15 is 0 Å². The molecule has 0 fully saturated rings. The Hall–Kier alpha value is -0.550. The van der Waals surface area contributed by atoms with Crippen LogP contribution in [-0.4, -0.2) is 9.97 Å². The molecule has 48 valence electrons. The van der Waals surface area contributed by atoms with Crippen LogP contribution in [0.1, 0.15) is 0 Å². The van der Waals surface area contributed by atoms with Crippen molar-refractivity contribution in [1.29, 1.82) is 0 Å². The first-order valence-electron chi connectivity index (χ1n) is 2.21. The van der Waals surface area contributed by atoms with E-state index in [0.717, 1.165) is 0 Å². The van der Waals surface area contributed by atoms with Crippen molar-refractivity contribution in [2.24, 2.45) is 0 Å². The summed E-state index contributed by atoms with van der Waals surface area (Å²) in [6, 6.07) is 0. The summed E-state index contributed by atoms with van der Waals surface area (Å²) in [5, 5.41) is 0.555. The van der Waals surface area contributed by atoms with Gasteiger partial charge >= 0.3 is 0 Å². The molecule has 0 amide bonds. The number of thiol groups is 1. The molecule has 0 bridgehead atoms. The van der Waals surface area contributed by atoms with E-state index in [1.54, 1.807) is 0 Å². The average molecular weight is 160 g/mol. The minimum atomic E-state index is -0.289. The van der Waals surface area contributed by atoms with Gasteiger partial charge in [0, 0.05) is 6.20 Å². The van der Waals surface area contributed by atoms with Gasteiger partial charge in [-0.15, -0.1) is 12.6 Å². The second-order valence-corrected chi connectivity index (χ2v) is 2.35. The zero-order valence-corrected chi connectivity index (χ0v) is 6.05. The molecule has 2 N–H and O–H groups in total. The maximum absolute atomic E-state index is 10.5. The second kappa shape index (κ2) is 2.36. The monoisotopic (exact) mass is 160 g/mol. The van der Waals surface area contributed by atoms with Crippen molar-refractivity contribution in [2.45, 2.75) is 5.03 Å². The molecule has 0 aliphatic rings. The standard InChI is InChI=1S/C4H4N2OS2/c7-3-4(9)6-2(8)1-5-3/h1H,(H,5,7)(H2,6,8,9). The molecule has 0 radical (unpaired) electrons. The molecule has 0 atom stereocenters. The third kappa shape index (κ3) is 1.43. The number of hydrogen-bond acceptors (Lipinski definition) is 3. The van der Waals surface area contributed by atoms with E-state index in [1.807, 2.05) is 0 Å². The maximum Gasteiger partial charge on any atom is 0.283 e. The number of aromatic amines is 2. The van der Waals surface area contributed by atoms with E-state index < -0.39 is 0 Å². The van der Waals surface area contributed by atoms with Gasteiger partial charge in [0.15, 0.2) is 4.64 Å². The maximum atomic E-state index is 10.5. The predicted octanol–water partition coefficient (Wildman–Crippen LogP) is 0.721. The zero-order chi connectivity index (χ0) is 6.85. The van der Waals surface area contributed by atoms with Crippen LogP contribution in [-0.2, 0) is 0 Å². The quantitative estimate of drug-likeness (QED) is 0.387. The summed E-state index contributed by atoms with van der Waals surface area (Å²) in [5.74, 6) is 0. The van der Waals surface area contributed by atoms with Crippen LogP contribution in [0, 0.1) is 4.64 Å². The zero-order valence-electron chi connectivity index (χ0n) is 4.34. The van der Waals surface area contributed by atoms with Crippen molar-refractivity contribution < 1.29 is 0 Å². The largest absolute Gasteiger partial charge is 0.336 e. The van der Waals surface area contributed by atoms with Gasteiger partial charge in [-0.05, 0) is 0 Å². The molecule has 0 unspecified atom stereocenters. The van der Waals surface area contributed by atoms with Crippen LogP contribution >= 0.6 is 24.8 Å². The molecule has 0 aliphatic heterocycles. The van der Waals surface area contributed by atoms with Gasteiger partial charge in [0.25, 0.3) is 5.56 Å². The van der Waals surface area contributed by atoms with E-state index in [9.17, 15) is 4.79 Å². The molecule has 0 saturated carbocycles. The fourth-order valence-corrected chi connectivity index (χ4v) is 0.830. The van der Waals surface area contributed by atoms with E-state index in [-0.39, 0.29) is 10.2 Å². The Morgan fingerprint density at radius 1 is 1.67 bits per heavy atom. The first-order chi connectivity index (χ1) is 4.20. The molecular weight excluding hydrogens is 156 g/mol. The summed E-state index contributed by atoms with van der Waals surface area (Å²) in [6.07, 6.45) is 1.45. The highest BCUT2D eigenvalue weighted by Gasteiger charge is 1.85. The van der Waals surface area contributed by atoms with Crippen LogP contribution < -0.4 is 5.56 Å². The molecule has 1 rings (SSSR count). The van der Waals surface area contributed by atoms with Crippen molar-refractivity contribution in [3.8, 4) is 0 Å². The normalized spacial score (nSPS) is 9.44. The Morgan fingerprint density at radius 3 is 2.78 bits per heavy atom. The summed E-state index contributed by atoms with van der Waals surface area (Å²) in [7, 11) is 0. The van der Waals surface area contributed by atoms with Crippen LogP contribution in [0.4, 0.5) is 0 Å². The highest BCUT2D eigenvalue weighted by Crippen LogP contribution is 1.92. The minimum absolute atomic E-state index is 0.155. The van der Waals surface area contributed by atoms with Crippen LogP contribution in [0.5, 0.6) is 0 Å². The summed E-state index contributed by atoms with van der Waals surface area (Å²) < 4.78 is 0.155. The molecular formula is C4H4N2OS2. The van der Waals surface area contributed by atoms with Gasteiger partial charge in [-0.1, -0.05) is 12.2 Å². The lowest BCUT2D eigenvalue weighted by atomic mass is 10.7. The van der Waals surface area contributed by atoms with Crippen LogP contribution in [0.25, 0.3) is 0 Å². The molecule has 3 nitrogen and oxygen atoms in total. The fraction of sp³-hybridized carbons (Fsp3) is 0. The van der Waals surface area contributed by atoms with E-state index in [4.69, 9.17) is 0 Å². The fourth-order valence-electron chi connectivity index (χ4n) is 0.409.